The molecule has 2 heterocycles. The number of nitrogens with zero attached hydrogens (tertiary/aromatic N) is 3. The highest BCUT2D eigenvalue weighted by molar-refractivity contribution is 5.36. The van der Waals surface area contributed by atoms with Gasteiger partial charge in [0.25, 0.3) is 0 Å². The maximum absolute atomic E-state index is 10.00. The number of benzene rings is 1. The number of aliphatic hydroxyl groups is 1. The number of aromatic nitrogens is 3. The van der Waals surface area contributed by atoms with Crippen LogP contribution in [0.25, 0.3) is 0 Å². The molecule has 0 spiro atoms. The molecule has 5 heteroatoms. The van der Waals surface area contributed by atoms with E-state index in [2.05, 4.69) is 44.3 Å². The summed E-state index contributed by atoms with van der Waals surface area (Å²) in [5.41, 5.74) is 2.42. The Kier molecular flexibility index (Phi) is 3.91. The Morgan fingerprint density at radius 3 is 2.61 bits per heavy atom. The molecule has 2 aliphatic rings. The third kappa shape index (κ3) is 2.79. The minimum absolute atomic E-state index is 0.142. The number of nitrogens with one attached hydrogen (secondary N) is 1. The normalized spacial score (nSPS) is 19.2. The fraction of sp³-hybridized carbons (Fsp3) is 0.556. The van der Waals surface area contributed by atoms with Gasteiger partial charge in [-0.1, -0.05) is 30.7 Å². The van der Waals surface area contributed by atoms with E-state index in [-0.39, 0.29) is 12.1 Å². The maximum atomic E-state index is 10.00. The van der Waals surface area contributed by atoms with Gasteiger partial charge in [-0.3, -0.25) is 0 Å². The smallest absolute Gasteiger partial charge is 0.147 e. The minimum atomic E-state index is -0.263. The number of hydrogen-bond acceptors (Lipinski definition) is 4. The number of fused-ring (bicyclic) bond motifs is 2. The van der Waals surface area contributed by atoms with Crippen LogP contribution in [0, 0.1) is 0 Å². The van der Waals surface area contributed by atoms with Gasteiger partial charge in [0.2, 0.25) is 0 Å². The lowest BCUT2D eigenvalue weighted by Crippen LogP contribution is -2.49. The average molecular weight is 312 g/mol. The van der Waals surface area contributed by atoms with Crippen molar-refractivity contribution in [2.45, 2.75) is 57.2 Å². The van der Waals surface area contributed by atoms with Crippen molar-refractivity contribution >= 4 is 0 Å². The first-order valence-electron chi connectivity index (χ1n) is 8.63. The molecular weight excluding hydrogens is 288 g/mol. The zero-order valence-electron chi connectivity index (χ0n) is 13.5. The van der Waals surface area contributed by atoms with Crippen LogP contribution in [0.2, 0.25) is 0 Å². The third-order valence-corrected chi connectivity index (χ3v) is 5.29. The summed E-state index contributed by atoms with van der Waals surface area (Å²) < 4.78 is 2.27. The van der Waals surface area contributed by atoms with Crippen molar-refractivity contribution in [3.8, 4) is 0 Å². The average Bonchev–Trinajstić information content (AvgIpc) is 3.06. The van der Waals surface area contributed by atoms with Gasteiger partial charge in [-0.2, -0.15) is 0 Å². The maximum Gasteiger partial charge on any atom is 0.147 e. The fourth-order valence-electron chi connectivity index (χ4n) is 3.93. The van der Waals surface area contributed by atoms with Gasteiger partial charge in [-0.25, -0.2) is 0 Å². The van der Waals surface area contributed by atoms with Gasteiger partial charge in [0.1, 0.15) is 11.6 Å². The number of rotatable bonds is 4. The second-order valence-corrected chi connectivity index (χ2v) is 6.91. The molecule has 23 heavy (non-hydrogen) atoms. The van der Waals surface area contributed by atoms with Gasteiger partial charge in [0, 0.05) is 18.5 Å². The van der Waals surface area contributed by atoms with Crippen molar-refractivity contribution in [2.24, 2.45) is 0 Å². The predicted molar refractivity (Wildman–Crippen MR) is 88.1 cm³/mol. The van der Waals surface area contributed by atoms with E-state index in [4.69, 9.17) is 0 Å². The highest BCUT2D eigenvalue weighted by atomic mass is 16.3. The lowest BCUT2D eigenvalue weighted by atomic mass is 9.97. The third-order valence-electron chi connectivity index (χ3n) is 5.29. The molecule has 0 saturated carbocycles. The molecule has 0 bridgehead atoms. The second-order valence-electron chi connectivity index (χ2n) is 6.91. The SMILES string of the molecule is OCC1(NCc2nnc3n2CCCCC3)Cc2ccccc2C1. The standard InChI is InChI=1S/C18H24N4O/c23-13-18(10-14-6-3-4-7-15(14)11-18)19-12-17-21-20-16-8-2-1-5-9-22(16)17/h3-4,6-7,19,23H,1-2,5,8-13H2. The predicted octanol–water partition coefficient (Wildman–Crippen LogP) is 1.62. The van der Waals surface area contributed by atoms with E-state index in [1.807, 2.05) is 0 Å². The summed E-state index contributed by atoms with van der Waals surface area (Å²) in [5, 5.41) is 22.3. The monoisotopic (exact) mass is 312 g/mol. The van der Waals surface area contributed by atoms with E-state index in [1.54, 1.807) is 0 Å². The molecule has 0 unspecified atom stereocenters. The Balaban J connectivity index is 1.50. The van der Waals surface area contributed by atoms with Gasteiger partial charge in [0.05, 0.1) is 13.2 Å². The molecule has 1 aliphatic carbocycles. The molecule has 1 aromatic heterocycles. The molecule has 5 nitrogen and oxygen atoms in total. The first-order chi connectivity index (χ1) is 11.3. The van der Waals surface area contributed by atoms with E-state index in [1.165, 1.54) is 30.4 Å². The van der Waals surface area contributed by atoms with E-state index in [0.29, 0.717) is 6.54 Å². The second kappa shape index (κ2) is 6.06. The highest BCUT2D eigenvalue weighted by Gasteiger charge is 2.36. The molecule has 1 aliphatic heterocycles. The fourth-order valence-corrected chi connectivity index (χ4v) is 3.93. The lowest BCUT2D eigenvalue weighted by molar-refractivity contribution is 0.164. The zero-order valence-corrected chi connectivity index (χ0v) is 13.5. The van der Waals surface area contributed by atoms with Gasteiger partial charge >= 0.3 is 0 Å². The quantitative estimate of drug-likeness (QED) is 0.900. The Hall–Kier alpha value is -1.72. The summed E-state index contributed by atoms with van der Waals surface area (Å²) in [6.07, 6.45) is 6.47. The Morgan fingerprint density at radius 2 is 1.87 bits per heavy atom. The van der Waals surface area contributed by atoms with Crippen LogP contribution in [-0.4, -0.2) is 32.0 Å². The summed E-state index contributed by atoms with van der Waals surface area (Å²) in [5.74, 6) is 2.12. The van der Waals surface area contributed by atoms with Crippen molar-refractivity contribution in [1.82, 2.24) is 20.1 Å². The molecular formula is C18H24N4O. The Bertz CT molecular complexity index is 669. The molecule has 2 N–H and O–H groups in total. The molecule has 0 atom stereocenters. The van der Waals surface area contributed by atoms with Crippen LogP contribution in [-0.2, 0) is 32.4 Å². The van der Waals surface area contributed by atoms with Crippen LogP contribution in [0.1, 0.15) is 42.0 Å². The summed E-state index contributed by atoms with van der Waals surface area (Å²) in [4.78, 5) is 0. The van der Waals surface area contributed by atoms with Gasteiger partial charge in [-0.05, 0) is 36.8 Å². The van der Waals surface area contributed by atoms with E-state index in [0.717, 1.165) is 37.5 Å². The van der Waals surface area contributed by atoms with Crippen molar-refractivity contribution in [2.75, 3.05) is 6.61 Å². The number of aliphatic hydroxyl groups excluding tert-OH is 1. The summed E-state index contributed by atoms with van der Waals surface area (Å²) in [7, 11) is 0. The van der Waals surface area contributed by atoms with Crippen molar-refractivity contribution in [3.05, 3.63) is 47.0 Å². The van der Waals surface area contributed by atoms with Crippen LogP contribution in [0.5, 0.6) is 0 Å². The molecule has 0 saturated heterocycles. The van der Waals surface area contributed by atoms with Crippen LogP contribution >= 0.6 is 0 Å². The largest absolute Gasteiger partial charge is 0.394 e. The van der Waals surface area contributed by atoms with Gasteiger partial charge in [0.15, 0.2) is 0 Å². The Morgan fingerprint density at radius 1 is 1.09 bits per heavy atom. The number of hydrogen-bond donors (Lipinski definition) is 2. The number of aryl methyl sites for hydroxylation is 1. The lowest BCUT2D eigenvalue weighted by Gasteiger charge is -2.28. The van der Waals surface area contributed by atoms with E-state index >= 15 is 0 Å². The van der Waals surface area contributed by atoms with E-state index in [9.17, 15) is 5.11 Å². The highest BCUT2D eigenvalue weighted by Crippen LogP contribution is 2.30. The summed E-state index contributed by atoms with van der Waals surface area (Å²) in [6, 6.07) is 8.48. The van der Waals surface area contributed by atoms with Crippen LogP contribution in [0.3, 0.4) is 0 Å². The summed E-state index contributed by atoms with van der Waals surface area (Å²) >= 11 is 0. The van der Waals surface area contributed by atoms with Crippen molar-refractivity contribution in [3.63, 3.8) is 0 Å². The molecule has 0 amide bonds. The minimum Gasteiger partial charge on any atom is -0.394 e. The molecule has 0 fully saturated rings. The van der Waals surface area contributed by atoms with Gasteiger partial charge in [-0.15, -0.1) is 10.2 Å². The van der Waals surface area contributed by atoms with Gasteiger partial charge < -0.3 is 15.0 Å². The van der Waals surface area contributed by atoms with Crippen LogP contribution in [0.15, 0.2) is 24.3 Å². The first-order valence-corrected chi connectivity index (χ1v) is 8.63. The molecule has 1 aromatic carbocycles. The van der Waals surface area contributed by atoms with Crippen LogP contribution < -0.4 is 5.32 Å². The van der Waals surface area contributed by atoms with Crippen LogP contribution in [0.4, 0.5) is 0 Å². The molecule has 0 radical (unpaired) electrons. The van der Waals surface area contributed by atoms with E-state index < -0.39 is 0 Å². The topological polar surface area (TPSA) is 63.0 Å². The Labute approximate surface area is 136 Å². The zero-order chi connectivity index (χ0) is 15.7. The molecule has 2 aromatic rings. The van der Waals surface area contributed by atoms with Crippen molar-refractivity contribution in [1.29, 1.82) is 0 Å². The molecule has 4 rings (SSSR count). The summed E-state index contributed by atoms with van der Waals surface area (Å²) in [6.45, 7) is 1.83. The van der Waals surface area contributed by atoms with Crippen molar-refractivity contribution < 1.29 is 5.11 Å². The first kappa shape index (κ1) is 14.8. The molecule has 122 valence electrons.